The standard InChI is InChI=1S/C12H13F2N/c1-2-3-6-10(15)8-9-5-4-7-11(13)12(9)14/h1,4-5,7,10H,3,6,8,15H2. The minimum atomic E-state index is -0.836. The molecular weight excluding hydrogens is 196 g/mol. The highest BCUT2D eigenvalue weighted by Gasteiger charge is 2.10. The van der Waals surface area contributed by atoms with Crippen molar-refractivity contribution >= 4 is 0 Å². The molecule has 1 aromatic carbocycles. The number of hydrogen-bond acceptors (Lipinski definition) is 1. The van der Waals surface area contributed by atoms with E-state index in [4.69, 9.17) is 12.2 Å². The Morgan fingerprint density at radius 3 is 2.80 bits per heavy atom. The summed E-state index contributed by atoms with van der Waals surface area (Å²) in [6, 6.07) is 3.87. The van der Waals surface area contributed by atoms with Gasteiger partial charge in [0.05, 0.1) is 0 Å². The first-order chi connectivity index (χ1) is 7.15. The highest BCUT2D eigenvalue weighted by molar-refractivity contribution is 5.19. The lowest BCUT2D eigenvalue weighted by Gasteiger charge is -2.10. The van der Waals surface area contributed by atoms with Crippen molar-refractivity contribution in [2.24, 2.45) is 5.73 Å². The lowest BCUT2D eigenvalue weighted by Crippen LogP contribution is -2.23. The number of terminal acetylenes is 1. The molecule has 0 radical (unpaired) electrons. The maximum absolute atomic E-state index is 13.2. The fourth-order valence-electron chi connectivity index (χ4n) is 1.36. The van der Waals surface area contributed by atoms with E-state index in [9.17, 15) is 8.78 Å². The van der Waals surface area contributed by atoms with E-state index >= 15 is 0 Å². The molecule has 0 heterocycles. The highest BCUT2D eigenvalue weighted by atomic mass is 19.2. The molecule has 1 nitrogen and oxygen atoms in total. The molecule has 1 atom stereocenters. The van der Waals surface area contributed by atoms with Crippen molar-refractivity contribution in [1.82, 2.24) is 0 Å². The molecule has 1 unspecified atom stereocenters. The predicted octanol–water partition coefficient (Wildman–Crippen LogP) is 2.25. The van der Waals surface area contributed by atoms with Gasteiger partial charge in [0.1, 0.15) is 0 Å². The third-order valence-electron chi connectivity index (χ3n) is 2.17. The van der Waals surface area contributed by atoms with Gasteiger partial charge in [-0.2, -0.15) is 0 Å². The Labute approximate surface area is 88.3 Å². The summed E-state index contributed by atoms with van der Waals surface area (Å²) >= 11 is 0. The van der Waals surface area contributed by atoms with Gasteiger partial charge < -0.3 is 5.73 Å². The van der Waals surface area contributed by atoms with Crippen LogP contribution in [-0.2, 0) is 6.42 Å². The Bertz CT molecular complexity index is 368. The van der Waals surface area contributed by atoms with Gasteiger partial charge in [0, 0.05) is 12.5 Å². The van der Waals surface area contributed by atoms with Crippen LogP contribution in [-0.4, -0.2) is 6.04 Å². The predicted molar refractivity (Wildman–Crippen MR) is 56.1 cm³/mol. The molecule has 0 bridgehead atoms. The van der Waals surface area contributed by atoms with Gasteiger partial charge in [0.25, 0.3) is 0 Å². The average Bonchev–Trinajstić information content (AvgIpc) is 2.22. The zero-order valence-corrected chi connectivity index (χ0v) is 8.34. The highest BCUT2D eigenvalue weighted by Crippen LogP contribution is 2.13. The number of benzene rings is 1. The Morgan fingerprint density at radius 2 is 2.13 bits per heavy atom. The van der Waals surface area contributed by atoms with Gasteiger partial charge in [-0.25, -0.2) is 8.78 Å². The largest absolute Gasteiger partial charge is 0.327 e. The van der Waals surface area contributed by atoms with Crippen LogP contribution in [0, 0.1) is 24.0 Å². The number of hydrogen-bond donors (Lipinski definition) is 1. The Balaban J connectivity index is 2.65. The summed E-state index contributed by atoms with van der Waals surface area (Å²) in [6.07, 6.45) is 6.57. The second-order valence-electron chi connectivity index (χ2n) is 3.42. The summed E-state index contributed by atoms with van der Waals surface area (Å²) in [4.78, 5) is 0. The van der Waals surface area contributed by atoms with Crippen LogP contribution >= 0.6 is 0 Å². The van der Waals surface area contributed by atoms with Gasteiger partial charge in [-0.1, -0.05) is 12.1 Å². The van der Waals surface area contributed by atoms with E-state index in [2.05, 4.69) is 5.92 Å². The van der Waals surface area contributed by atoms with Crippen LogP contribution in [0.5, 0.6) is 0 Å². The van der Waals surface area contributed by atoms with E-state index in [1.165, 1.54) is 12.1 Å². The molecule has 3 heteroatoms. The van der Waals surface area contributed by atoms with Crippen molar-refractivity contribution < 1.29 is 8.78 Å². The molecule has 0 saturated carbocycles. The zero-order valence-electron chi connectivity index (χ0n) is 8.34. The summed E-state index contributed by atoms with van der Waals surface area (Å²) < 4.78 is 26.0. The lowest BCUT2D eigenvalue weighted by molar-refractivity contribution is 0.490. The summed E-state index contributed by atoms with van der Waals surface area (Å²) in [6.45, 7) is 0. The minimum absolute atomic E-state index is 0.225. The first-order valence-electron chi connectivity index (χ1n) is 4.77. The van der Waals surface area contributed by atoms with Crippen molar-refractivity contribution in [3.63, 3.8) is 0 Å². The van der Waals surface area contributed by atoms with Crippen LogP contribution in [0.1, 0.15) is 18.4 Å². The maximum Gasteiger partial charge on any atom is 0.162 e. The number of rotatable bonds is 4. The molecule has 0 fully saturated rings. The summed E-state index contributed by atoms with van der Waals surface area (Å²) in [5.74, 6) is 0.815. The van der Waals surface area contributed by atoms with Crippen molar-refractivity contribution in [1.29, 1.82) is 0 Å². The third-order valence-corrected chi connectivity index (χ3v) is 2.17. The molecule has 0 aliphatic rings. The van der Waals surface area contributed by atoms with E-state index in [1.54, 1.807) is 0 Å². The SMILES string of the molecule is C#CCCC(N)Cc1cccc(F)c1F. The quantitative estimate of drug-likeness (QED) is 0.756. The van der Waals surface area contributed by atoms with E-state index in [1.807, 2.05) is 0 Å². The van der Waals surface area contributed by atoms with Crippen molar-refractivity contribution in [3.8, 4) is 12.3 Å². The minimum Gasteiger partial charge on any atom is -0.327 e. The summed E-state index contributed by atoms with van der Waals surface area (Å²) in [5, 5.41) is 0. The first-order valence-corrected chi connectivity index (χ1v) is 4.77. The molecule has 1 rings (SSSR count). The van der Waals surface area contributed by atoms with Crippen LogP contribution in [0.3, 0.4) is 0 Å². The summed E-state index contributed by atoms with van der Waals surface area (Å²) in [7, 11) is 0. The molecule has 0 aromatic heterocycles. The Kier molecular flexibility index (Phi) is 4.26. The number of halogens is 2. The van der Waals surface area contributed by atoms with Crippen molar-refractivity contribution in [2.75, 3.05) is 0 Å². The topological polar surface area (TPSA) is 26.0 Å². The second kappa shape index (κ2) is 5.47. The van der Waals surface area contributed by atoms with Crippen molar-refractivity contribution in [2.45, 2.75) is 25.3 Å². The molecule has 0 aliphatic carbocycles. The molecule has 0 spiro atoms. The fraction of sp³-hybridized carbons (Fsp3) is 0.333. The van der Waals surface area contributed by atoms with Crippen LogP contribution in [0.25, 0.3) is 0 Å². The second-order valence-corrected chi connectivity index (χ2v) is 3.42. The van der Waals surface area contributed by atoms with Crippen LogP contribution in [0.15, 0.2) is 18.2 Å². The van der Waals surface area contributed by atoms with Crippen LogP contribution < -0.4 is 5.73 Å². The average molecular weight is 209 g/mol. The van der Waals surface area contributed by atoms with Crippen LogP contribution in [0.2, 0.25) is 0 Å². The normalized spacial score (nSPS) is 12.1. The molecule has 80 valence electrons. The van der Waals surface area contributed by atoms with Crippen LogP contribution in [0.4, 0.5) is 8.78 Å². The van der Waals surface area contributed by atoms with E-state index < -0.39 is 11.6 Å². The van der Waals surface area contributed by atoms with Gasteiger partial charge in [-0.15, -0.1) is 12.3 Å². The molecule has 0 saturated heterocycles. The smallest absolute Gasteiger partial charge is 0.162 e. The molecule has 0 aliphatic heterocycles. The Morgan fingerprint density at radius 1 is 1.40 bits per heavy atom. The lowest BCUT2D eigenvalue weighted by atomic mass is 10.0. The fourth-order valence-corrected chi connectivity index (χ4v) is 1.36. The van der Waals surface area contributed by atoms with Gasteiger partial charge in [-0.3, -0.25) is 0 Å². The van der Waals surface area contributed by atoms with E-state index in [-0.39, 0.29) is 6.04 Å². The maximum atomic E-state index is 13.2. The number of nitrogens with two attached hydrogens (primary N) is 1. The van der Waals surface area contributed by atoms with Gasteiger partial charge >= 0.3 is 0 Å². The molecular formula is C12H13F2N. The zero-order chi connectivity index (χ0) is 11.3. The first kappa shape index (κ1) is 11.7. The third kappa shape index (κ3) is 3.34. The summed E-state index contributed by atoms with van der Waals surface area (Å²) in [5.41, 5.74) is 6.03. The molecule has 2 N–H and O–H groups in total. The van der Waals surface area contributed by atoms with E-state index in [0.29, 0.717) is 24.8 Å². The molecule has 1 aromatic rings. The molecule has 0 amide bonds. The van der Waals surface area contributed by atoms with Gasteiger partial charge in [0.2, 0.25) is 0 Å². The van der Waals surface area contributed by atoms with Gasteiger partial charge in [-0.05, 0) is 24.5 Å². The molecule has 15 heavy (non-hydrogen) atoms. The monoisotopic (exact) mass is 209 g/mol. The van der Waals surface area contributed by atoms with E-state index in [0.717, 1.165) is 6.07 Å². The van der Waals surface area contributed by atoms with Crippen molar-refractivity contribution in [3.05, 3.63) is 35.4 Å². The Hall–Kier alpha value is -1.40. The van der Waals surface area contributed by atoms with Gasteiger partial charge in [0.15, 0.2) is 11.6 Å².